The molecule has 9 aromatic rings. The molecule has 0 atom stereocenters. The fraction of sp³-hybridized carbons (Fsp3) is 0.0222. The van der Waals surface area contributed by atoms with Crippen LogP contribution in [-0.4, -0.2) is 0 Å². The van der Waals surface area contributed by atoms with Crippen LogP contribution in [0.5, 0.6) is 0 Å². The van der Waals surface area contributed by atoms with Gasteiger partial charge in [-0.25, -0.2) is 0 Å². The predicted molar refractivity (Wildman–Crippen MR) is 203 cm³/mol. The van der Waals surface area contributed by atoms with E-state index in [4.69, 9.17) is 0 Å². The van der Waals surface area contributed by atoms with E-state index in [0.717, 1.165) is 5.22 Å². The third kappa shape index (κ3) is 4.06. The molecule has 1 aromatic heterocycles. The van der Waals surface area contributed by atoms with Crippen LogP contribution in [-0.2, 0) is 0 Å². The lowest BCUT2D eigenvalue weighted by molar-refractivity contribution is 1.61. The van der Waals surface area contributed by atoms with Crippen molar-refractivity contribution in [3.05, 3.63) is 167 Å². The first kappa shape index (κ1) is 26.9. The Balaban J connectivity index is 1.30. The highest BCUT2D eigenvalue weighted by molar-refractivity contribution is 7.17. The van der Waals surface area contributed by atoms with Gasteiger partial charge in [-0.15, -0.1) is 11.3 Å². The van der Waals surface area contributed by atoms with Crippen LogP contribution >= 0.6 is 11.3 Å². The Labute approximate surface area is 271 Å². The topological polar surface area (TPSA) is 0 Å². The minimum absolute atomic E-state index is 1.09. The van der Waals surface area contributed by atoms with Crippen LogP contribution in [0.3, 0.4) is 0 Å². The lowest BCUT2D eigenvalue weighted by Gasteiger charge is -2.12. The van der Waals surface area contributed by atoms with E-state index in [1.807, 2.05) is 11.3 Å². The summed E-state index contributed by atoms with van der Waals surface area (Å²) in [6, 6.07) is 51.2. The van der Waals surface area contributed by atoms with Crippen LogP contribution in [0.2, 0.25) is 0 Å². The number of hydrogen-bond acceptors (Lipinski definition) is 1. The van der Waals surface area contributed by atoms with Gasteiger partial charge in [-0.2, -0.15) is 0 Å². The Morgan fingerprint density at radius 1 is 0.522 bits per heavy atom. The fourth-order valence-corrected chi connectivity index (χ4v) is 8.66. The molecule has 0 aliphatic carbocycles. The maximum absolute atomic E-state index is 4.67. The van der Waals surface area contributed by atoms with E-state index >= 15 is 0 Å². The minimum atomic E-state index is 1.09. The summed E-state index contributed by atoms with van der Waals surface area (Å²) in [5, 5.41) is 15.2. The van der Waals surface area contributed by atoms with Crippen molar-refractivity contribution in [2.24, 2.45) is 0 Å². The summed E-state index contributed by atoms with van der Waals surface area (Å²) in [7, 11) is 0. The Kier molecular flexibility index (Phi) is 6.16. The Morgan fingerprint density at radius 2 is 1.11 bits per heavy atom. The molecule has 0 aliphatic heterocycles. The van der Waals surface area contributed by atoms with Crippen molar-refractivity contribution in [1.82, 2.24) is 0 Å². The molecule has 0 saturated carbocycles. The highest BCUT2D eigenvalue weighted by atomic mass is 32.1. The lowest BCUT2D eigenvalue weighted by atomic mass is 9.92. The summed E-state index contributed by atoms with van der Waals surface area (Å²) in [5.41, 5.74) is 4.91. The van der Waals surface area contributed by atoms with Crippen LogP contribution in [0, 0.1) is 0 Å². The van der Waals surface area contributed by atoms with Gasteiger partial charge in [0.05, 0.1) is 0 Å². The van der Waals surface area contributed by atoms with Crippen molar-refractivity contribution >= 4 is 87.4 Å². The molecule has 0 nitrogen and oxygen atoms in total. The van der Waals surface area contributed by atoms with Crippen LogP contribution in [0.1, 0.15) is 12.5 Å². The monoisotopic (exact) mass is 602 g/mol. The van der Waals surface area contributed by atoms with Gasteiger partial charge in [-0.05, 0) is 100 Å². The highest BCUT2D eigenvalue weighted by Gasteiger charge is 2.14. The van der Waals surface area contributed by atoms with Gasteiger partial charge in [-0.1, -0.05) is 146 Å². The normalized spacial score (nSPS) is 12.8. The zero-order valence-corrected chi connectivity index (χ0v) is 26.4. The average Bonchev–Trinajstić information content (AvgIpc) is 3.46. The largest absolute Gasteiger partial charge is 0.134 e. The van der Waals surface area contributed by atoms with E-state index in [1.54, 1.807) is 0 Å². The van der Waals surface area contributed by atoms with Gasteiger partial charge in [0.2, 0.25) is 0 Å². The summed E-state index contributed by atoms with van der Waals surface area (Å²) in [6.07, 6.45) is 4.39. The molecule has 0 spiro atoms. The molecule has 0 bridgehead atoms. The summed E-state index contributed by atoms with van der Waals surface area (Å²) in [5.74, 6) is 0. The SMILES string of the molecule is C=c1/c(=C(\C=C/C)c2ccc3ccc4ccccc4c3c2)sc2c(-c3ccc4c5ccccc5c5ccccc5c4c3)cccc12. The second-order valence-electron chi connectivity index (χ2n) is 12.1. The van der Waals surface area contributed by atoms with Crippen LogP contribution in [0.25, 0.3) is 87.2 Å². The summed E-state index contributed by atoms with van der Waals surface area (Å²) >= 11 is 1.86. The van der Waals surface area contributed by atoms with E-state index in [2.05, 4.69) is 165 Å². The zero-order chi connectivity index (χ0) is 30.8. The van der Waals surface area contributed by atoms with Gasteiger partial charge in [0.1, 0.15) is 0 Å². The number of fused-ring (bicyclic) bond motifs is 10. The smallest absolute Gasteiger partial charge is 0.0433 e. The highest BCUT2D eigenvalue weighted by Crippen LogP contribution is 2.39. The lowest BCUT2D eigenvalue weighted by Crippen LogP contribution is -2.19. The molecule has 0 aliphatic rings. The van der Waals surface area contributed by atoms with Crippen LogP contribution in [0.15, 0.2) is 152 Å². The summed E-state index contributed by atoms with van der Waals surface area (Å²) < 4.78 is 2.50. The van der Waals surface area contributed by atoms with E-state index in [-0.39, 0.29) is 0 Å². The van der Waals surface area contributed by atoms with Gasteiger partial charge in [0.15, 0.2) is 0 Å². The molecule has 0 saturated heterocycles. The summed E-state index contributed by atoms with van der Waals surface area (Å²) in [4.78, 5) is 0. The van der Waals surface area contributed by atoms with Gasteiger partial charge < -0.3 is 0 Å². The van der Waals surface area contributed by atoms with E-state index in [9.17, 15) is 0 Å². The molecule has 9 rings (SSSR count). The molecular formula is C45H30S. The zero-order valence-electron chi connectivity index (χ0n) is 25.5. The summed E-state index contributed by atoms with van der Waals surface area (Å²) in [6.45, 7) is 6.76. The maximum Gasteiger partial charge on any atom is 0.0433 e. The van der Waals surface area contributed by atoms with E-state index < -0.39 is 0 Å². The second kappa shape index (κ2) is 10.5. The molecule has 1 heteroatoms. The van der Waals surface area contributed by atoms with Gasteiger partial charge in [-0.3, -0.25) is 0 Å². The number of benzene rings is 8. The maximum atomic E-state index is 4.67. The number of thiophene rings is 1. The number of rotatable bonds is 3. The van der Waals surface area contributed by atoms with Crippen molar-refractivity contribution in [2.45, 2.75) is 6.92 Å². The van der Waals surface area contributed by atoms with Crippen molar-refractivity contribution < 1.29 is 0 Å². The van der Waals surface area contributed by atoms with Crippen molar-refractivity contribution in [1.29, 1.82) is 0 Å². The average molecular weight is 603 g/mol. The molecule has 0 N–H and O–H groups in total. The standard InChI is InChI=1S/C45H30S/c1-3-11-35(31-23-22-30-21-20-29-12-4-5-13-34(29)42(30)26-31)44-28(2)33-18-10-19-36(45(33)46-44)32-24-25-41-39-16-7-6-14-37(39)38-15-8-9-17-40(38)43(41)27-32/h3-27H,2H2,1H3/b11-3-,44-35-. The molecular weight excluding hydrogens is 573 g/mol. The van der Waals surface area contributed by atoms with Crippen LogP contribution < -0.4 is 9.75 Å². The van der Waals surface area contributed by atoms with Gasteiger partial charge in [0, 0.05) is 14.6 Å². The third-order valence-corrected chi connectivity index (χ3v) is 10.8. The van der Waals surface area contributed by atoms with Crippen molar-refractivity contribution in [3.8, 4) is 11.1 Å². The molecule has 1 heterocycles. The Bertz CT molecular complexity index is 2790. The van der Waals surface area contributed by atoms with Crippen LogP contribution in [0.4, 0.5) is 0 Å². The Morgan fingerprint density at radius 3 is 1.83 bits per heavy atom. The van der Waals surface area contributed by atoms with Crippen molar-refractivity contribution in [3.63, 3.8) is 0 Å². The minimum Gasteiger partial charge on any atom is -0.134 e. The van der Waals surface area contributed by atoms with Gasteiger partial charge >= 0.3 is 0 Å². The fourth-order valence-electron chi connectivity index (χ4n) is 7.33. The number of hydrogen-bond donors (Lipinski definition) is 0. The first-order chi connectivity index (χ1) is 22.7. The first-order valence-electron chi connectivity index (χ1n) is 15.8. The molecule has 216 valence electrons. The number of allylic oxidation sites excluding steroid dienone is 2. The second-order valence-corrected chi connectivity index (χ2v) is 13.1. The third-order valence-electron chi connectivity index (χ3n) is 9.51. The Hall–Kier alpha value is -5.50. The molecule has 0 amide bonds. The molecule has 46 heavy (non-hydrogen) atoms. The van der Waals surface area contributed by atoms with E-state index in [1.165, 1.54) is 90.7 Å². The molecule has 0 unspecified atom stereocenters. The quantitative estimate of drug-likeness (QED) is 0.177. The molecule has 8 aromatic carbocycles. The first-order valence-corrected chi connectivity index (χ1v) is 16.6. The van der Waals surface area contributed by atoms with Crippen molar-refractivity contribution in [2.75, 3.05) is 0 Å². The molecule has 0 radical (unpaired) electrons. The van der Waals surface area contributed by atoms with E-state index in [0.29, 0.717) is 0 Å². The molecule has 0 fully saturated rings. The predicted octanol–water partition coefficient (Wildman–Crippen LogP) is 11.5. The van der Waals surface area contributed by atoms with Gasteiger partial charge in [0.25, 0.3) is 0 Å².